The van der Waals surface area contributed by atoms with Crippen LogP contribution in [-0.2, 0) is 0 Å². The molecule has 4 heteroatoms. The lowest BCUT2D eigenvalue weighted by atomic mass is 10.0. The first-order chi connectivity index (χ1) is 9.60. The summed E-state index contributed by atoms with van der Waals surface area (Å²) in [5.41, 5.74) is 5.82. The number of ether oxygens (including phenoxy) is 1. The van der Waals surface area contributed by atoms with E-state index >= 15 is 0 Å². The zero-order chi connectivity index (χ0) is 14.2. The number of benzene rings is 2. The maximum atomic E-state index is 6.21. The van der Waals surface area contributed by atoms with Gasteiger partial charge in [-0.05, 0) is 25.0 Å². The molecule has 1 fully saturated rings. The van der Waals surface area contributed by atoms with Crippen molar-refractivity contribution in [1.29, 1.82) is 0 Å². The average molecular weight is 306 g/mol. The fourth-order valence-electron chi connectivity index (χ4n) is 2.51. The predicted octanol–water partition coefficient (Wildman–Crippen LogP) is 4.33. The van der Waals surface area contributed by atoms with E-state index in [0.29, 0.717) is 11.6 Å². The van der Waals surface area contributed by atoms with Crippen molar-refractivity contribution < 1.29 is 4.74 Å². The Hall–Kier alpha value is -1.32. The van der Waals surface area contributed by atoms with Crippen LogP contribution in [0, 0.1) is 5.41 Å². The molecule has 0 heterocycles. The Morgan fingerprint density at radius 1 is 1.20 bits per heavy atom. The minimum absolute atomic E-state index is 0.159. The van der Waals surface area contributed by atoms with Crippen molar-refractivity contribution in [1.82, 2.24) is 0 Å². The van der Waals surface area contributed by atoms with E-state index in [0.717, 1.165) is 40.8 Å². The molecule has 3 rings (SSSR count). The van der Waals surface area contributed by atoms with Gasteiger partial charge in [0, 0.05) is 27.6 Å². The molecule has 104 valence electrons. The zero-order valence-electron chi connectivity index (χ0n) is 11.1. The van der Waals surface area contributed by atoms with Crippen LogP contribution in [0.1, 0.15) is 19.3 Å². The Balaban J connectivity index is 1.82. The van der Waals surface area contributed by atoms with Crippen molar-refractivity contribution in [3.63, 3.8) is 0 Å². The van der Waals surface area contributed by atoms with Crippen molar-refractivity contribution in [3.8, 4) is 5.75 Å². The Morgan fingerprint density at radius 3 is 2.55 bits per heavy atom. The second-order valence-corrected chi connectivity index (χ2v) is 6.45. The van der Waals surface area contributed by atoms with Gasteiger partial charge in [-0.1, -0.05) is 48.1 Å². The highest BCUT2D eigenvalue weighted by Gasteiger charge is 2.43. The molecule has 0 radical (unpaired) electrons. The minimum atomic E-state index is 0.159. The average Bonchev–Trinajstić information content (AvgIpc) is 3.17. The van der Waals surface area contributed by atoms with E-state index in [9.17, 15) is 0 Å². The first-order valence-electron chi connectivity index (χ1n) is 6.68. The summed E-state index contributed by atoms with van der Waals surface area (Å²) in [5.74, 6) is 0.874. The molecule has 1 saturated carbocycles. The molecular formula is C16H16ClNOS. The second-order valence-electron chi connectivity index (χ2n) is 5.52. The predicted molar refractivity (Wildman–Crippen MR) is 87.5 cm³/mol. The van der Waals surface area contributed by atoms with Crippen LogP contribution in [0.5, 0.6) is 5.75 Å². The Kier molecular flexibility index (Phi) is 3.57. The van der Waals surface area contributed by atoms with Crippen molar-refractivity contribution in [2.24, 2.45) is 11.1 Å². The molecule has 0 spiro atoms. The lowest BCUT2D eigenvalue weighted by Gasteiger charge is -2.17. The van der Waals surface area contributed by atoms with E-state index in [1.165, 1.54) is 0 Å². The molecule has 1 aliphatic carbocycles. The summed E-state index contributed by atoms with van der Waals surface area (Å²) in [5, 5.41) is 2.81. The van der Waals surface area contributed by atoms with E-state index in [1.807, 2.05) is 36.4 Å². The van der Waals surface area contributed by atoms with E-state index in [-0.39, 0.29) is 5.41 Å². The summed E-state index contributed by atoms with van der Waals surface area (Å²) in [6, 6.07) is 11.8. The van der Waals surface area contributed by atoms with Crippen LogP contribution in [0.15, 0.2) is 36.4 Å². The fraction of sp³-hybridized carbons (Fsp3) is 0.312. The Labute approximate surface area is 128 Å². The van der Waals surface area contributed by atoms with Crippen molar-refractivity contribution in [2.75, 3.05) is 6.61 Å². The third-order valence-electron chi connectivity index (χ3n) is 3.87. The molecule has 0 aliphatic heterocycles. The summed E-state index contributed by atoms with van der Waals surface area (Å²) < 4.78 is 6.03. The first kappa shape index (κ1) is 13.7. The van der Waals surface area contributed by atoms with Gasteiger partial charge in [-0.2, -0.15) is 0 Å². The normalized spacial score (nSPS) is 16.1. The molecular weight excluding hydrogens is 290 g/mol. The molecule has 0 amide bonds. The number of fused-ring (bicyclic) bond motifs is 1. The highest BCUT2D eigenvalue weighted by atomic mass is 35.5. The molecule has 1 aliphatic rings. The number of halogens is 1. The maximum Gasteiger partial charge on any atom is 0.127 e. The molecule has 0 unspecified atom stereocenters. The summed E-state index contributed by atoms with van der Waals surface area (Å²) in [7, 11) is 0. The van der Waals surface area contributed by atoms with Crippen LogP contribution in [0.3, 0.4) is 0 Å². The van der Waals surface area contributed by atoms with Crippen LogP contribution in [0.4, 0.5) is 0 Å². The molecule has 20 heavy (non-hydrogen) atoms. The number of hydrogen-bond donors (Lipinski definition) is 1. The van der Waals surface area contributed by atoms with E-state index in [2.05, 4.69) is 0 Å². The van der Waals surface area contributed by atoms with Gasteiger partial charge in [0.25, 0.3) is 0 Å². The van der Waals surface area contributed by atoms with Crippen LogP contribution in [0.25, 0.3) is 10.8 Å². The van der Waals surface area contributed by atoms with E-state index in [1.54, 1.807) is 0 Å². The molecule has 0 aromatic heterocycles. The van der Waals surface area contributed by atoms with Gasteiger partial charge in [-0.15, -0.1) is 0 Å². The number of nitrogens with two attached hydrogens (primary N) is 1. The highest BCUT2D eigenvalue weighted by Crippen LogP contribution is 2.49. The second kappa shape index (κ2) is 5.23. The third-order valence-corrected chi connectivity index (χ3v) is 4.34. The SMILES string of the molecule is NC(=S)CC1(COc2ccc(Cl)c3ccccc23)CC1. The highest BCUT2D eigenvalue weighted by molar-refractivity contribution is 7.80. The largest absolute Gasteiger partial charge is 0.492 e. The summed E-state index contributed by atoms with van der Waals surface area (Å²) in [4.78, 5) is 0.576. The van der Waals surface area contributed by atoms with E-state index < -0.39 is 0 Å². The molecule has 0 saturated heterocycles. The maximum absolute atomic E-state index is 6.21. The first-order valence-corrected chi connectivity index (χ1v) is 7.47. The zero-order valence-corrected chi connectivity index (χ0v) is 12.6. The molecule has 2 nitrogen and oxygen atoms in total. The minimum Gasteiger partial charge on any atom is -0.492 e. The Morgan fingerprint density at radius 2 is 1.90 bits per heavy atom. The lowest BCUT2D eigenvalue weighted by molar-refractivity contribution is 0.241. The smallest absolute Gasteiger partial charge is 0.127 e. The van der Waals surface area contributed by atoms with Gasteiger partial charge >= 0.3 is 0 Å². The van der Waals surface area contributed by atoms with Gasteiger partial charge in [0.05, 0.1) is 11.6 Å². The van der Waals surface area contributed by atoms with Gasteiger partial charge in [0.2, 0.25) is 0 Å². The Bertz CT molecular complexity index is 667. The summed E-state index contributed by atoms with van der Waals surface area (Å²) in [6.07, 6.45) is 3.04. The van der Waals surface area contributed by atoms with Crippen molar-refractivity contribution >= 4 is 39.6 Å². The lowest BCUT2D eigenvalue weighted by Crippen LogP contribution is -2.21. The van der Waals surface area contributed by atoms with Crippen LogP contribution in [0.2, 0.25) is 5.02 Å². The molecule has 2 aromatic carbocycles. The van der Waals surface area contributed by atoms with E-state index in [4.69, 9.17) is 34.3 Å². The van der Waals surface area contributed by atoms with Crippen molar-refractivity contribution in [3.05, 3.63) is 41.4 Å². The number of thiocarbonyl (C=S) groups is 1. The van der Waals surface area contributed by atoms with Crippen LogP contribution in [-0.4, -0.2) is 11.6 Å². The molecule has 0 bridgehead atoms. The number of rotatable bonds is 5. The van der Waals surface area contributed by atoms with Gasteiger partial charge in [-0.3, -0.25) is 0 Å². The quantitative estimate of drug-likeness (QED) is 0.835. The van der Waals surface area contributed by atoms with Gasteiger partial charge < -0.3 is 10.5 Å². The summed E-state index contributed by atoms with van der Waals surface area (Å²) >= 11 is 11.2. The van der Waals surface area contributed by atoms with Gasteiger partial charge in [0.1, 0.15) is 5.75 Å². The number of hydrogen-bond acceptors (Lipinski definition) is 2. The summed E-state index contributed by atoms with van der Waals surface area (Å²) in [6.45, 7) is 0.663. The molecule has 0 atom stereocenters. The topological polar surface area (TPSA) is 35.2 Å². The third kappa shape index (κ3) is 2.74. The van der Waals surface area contributed by atoms with Crippen LogP contribution < -0.4 is 10.5 Å². The molecule has 2 N–H and O–H groups in total. The van der Waals surface area contributed by atoms with Gasteiger partial charge in [0.15, 0.2) is 0 Å². The van der Waals surface area contributed by atoms with Gasteiger partial charge in [-0.25, -0.2) is 0 Å². The fourth-order valence-corrected chi connectivity index (χ4v) is 3.04. The molecule has 2 aromatic rings. The monoisotopic (exact) mass is 305 g/mol. The van der Waals surface area contributed by atoms with Crippen LogP contribution >= 0.6 is 23.8 Å². The standard InChI is InChI=1S/C16H16ClNOS/c17-13-5-6-14(12-4-2-1-3-11(12)13)19-10-16(7-8-16)9-15(18)20/h1-6H,7-10H2,(H2,18,20). The van der Waals surface area contributed by atoms with Crippen molar-refractivity contribution in [2.45, 2.75) is 19.3 Å².